The highest BCUT2D eigenvalue weighted by molar-refractivity contribution is 7.19. The Morgan fingerprint density at radius 3 is 2.62 bits per heavy atom. The third-order valence-electron chi connectivity index (χ3n) is 3.54. The lowest BCUT2D eigenvalue weighted by atomic mass is 10.0. The second-order valence-electron chi connectivity index (χ2n) is 4.80. The standard InChI is InChI=1S/C17H16ClNOS/c1-19-17(13-8-7-12(20-2)10-14(13)18)16-9-11-5-3-4-6-15(11)21-16/h3-10,17,19H,1-2H3. The van der Waals surface area contributed by atoms with Crippen LogP contribution in [0.3, 0.4) is 0 Å². The van der Waals surface area contributed by atoms with Crippen LogP contribution in [0.5, 0.6) is 5.75 Å². The minimum Gasteiger partial charge on any atom is -0.497 e. The quantitative estimate of drug-likeness (QED) is 0.741. The van der Waals surface area contributed by atoms with Crippen molar-refractivity contribution in [2.75, 3.05) is 14.2 Å². The van der Waals surface area contributed by atoms with Gasteiger partial charge in [-0.05, 0) is 42.3 Å². The third-order valence-corrected chi connectivity index (χ3v) is 5.04. The van der Waals surface area contributed by atoms with Gasteiger partial charge in [0.25, 0.3) is 0 Å². The van der Waals surface area contributed by atoms with Crippen LogP contribution >= 0.6 is 22.9 Å². The maximum absolute atomic E-state index is 6.41. The molecule has 0 aliphatic heterocycles. The van der Waals surface area contributed by atoms with Crippen molar-refractivity contribution in [3.05, 3.63) is 64.0 Å². The van der Waals surface area contributed by atoms with Crippen molar-refractivity contribution in [3.8, 4) is 5.75 Å². The maximum Gasteiger partial charge on any atom is 0.120 e. The van der Waals surface area contributed by atoms with Gasteiger partial charge in [0, 0.05) is 14.6 Å². The molecular formula is C17H16ClNOS. The molecule has 21 heavy (non-hydrogen) atoms. The molecule has 0 bridgehead atoms. The molecular weight excluding hydrogens is 302 g/mol. The fourth-order valence-corrected chi connectivity index (χ4v) is 3.94. The summed E-state index contributed by atoms with van der Waals surface area (Å²) in [5, 5.41) is 5.34. The molecule has 3 rings (SSSR count). The van der Waals surface area contributed by atoms with Crippen LogP contribution in [0.1, 0.15) is 16.5 Å². The van der Waals surface area contributed by atoms with E-state index >= 15 is 0 Å². The van der Waals surface area contributed by atoms with E-state index in [9.17, 15) is 0 Å². The Kier molecular flexibility index (Phi) is 4.15. The summed E-state index contributed by atoms with van der Waals surface area (Å²) in [6.07, 6.45) is 0. The zero-order valence-electron chi connectivity index (χ0n) is 11.9. The van der Waals surface area contributed by atoms with Crippen LogP contribution in [0.4, 0.5) is 0 Å². The number of hydrogen-bond donors (Lipinski definition) is 1. The Hall–Kier alpha value is -1.55. The lowest BCUT2D eigenvalue weighted by molar-refractivity contribution is 0.414. The summed E-state index contributed by atoms with van der Waals surface area (Å²) in [5.41, 5.74) is 1.06. The number of thiophene rings is 1. The number of rotatable bonds is 4. The molecule has 108 valence electrons. The van der Waals surface area contributed by atoms with Crippen LogP contribution in [0.15, 0.2) is 48.5 Å². The summed E-state index contributed by atoms with van der Waals surface area (Å²) in [5.74, 6) is 0.773. The Labute approximate surface area is 133 Å². The first-order valence-electron chi connectivity index (χ1n) is 6.72. The molecule has 0 amide bonds. The minimum atomic E-state index is 0.0841. The van der Waals surface area contributed by atoms with Crippen LogP contribution < -0.4 is 10.1 Å². The summed E-state index contributed by atoms with van der Waals surface area (Å²) >= 11 is 8.21. The van der Waals surface area contributed by atoms with E-state index in [0.717, 1.165) is 11.3 Å². The minimum absolute atomic E-state index is 0.0841. The van der Waals surface area contributed by atoms with Crippen molar-refractivity contribution in [1.82, 2.24) is 5.32 Å². The number of methoxy groups -OCH3 is 1. The molecule has 2 aromatic carbocycles. The van der Waals surface area contributed by atoms with Crippen molar-refractivity contribution >= 4 is 33.0 Å². The second-order valence-corrected chi connectivity index (χ2v) is 6.32. The molecule has 1 unspecified atom stereocenters. The van der Waals surface area contributed by atoms with Gasteiger partial charge in [-0.1, -0.05) is 35.9 Å². The zero-order chi connectivity index (χ0) is 14.8. The normalized spacial score (nSPS) is 12.5. The van der Waals surface area contributed by atoms with Gasteiger partial charge in [-0.15, -0.1) is 11.3 Å². The number of ether oxygens (including phenoxy) is 1. The highest BCUT2D eigenvalue weighted by atomic mass is 35.5. The number of fused-ring (bicyclic) bond motifs is 1. The molecule has 1 heterocycles. The largest absolute Gasteiger partial charge is 0.497 e. The smallest absolute Gasteiger partial charge is 0.120 e. The molecule has 0 aliphatic rings. The van der Waals surface area contributed by atoms with Gasteiger partial charge in [0.1, 0.15) is 5.75 Å². The van der Waals surface area contributed by atoms with Gasteiger partial charge < -0.3 is 10.1 Å². The molecule has 0 spiro atoms. The van der Waals surface area contributed by atoms with E-state index < -0.39 is 0 Å². The van der Waals surface area contributed by atoms with E-state index in [1.165, 1.54) is 15.0 Å². The van der Waals surface area contributed by atoms with Crippen LogP contribution in [0.2, 0.25) is 5.02 Å². The Bertz CT molecular complexity index is 735. The van der Waals surface area contributed by atoms with E-state index in [-0.39, 0.29) is 6.04 Å². The first kappa shape index (κ1) is 14.4. The number of hydrogen-bond acceptors (Lipinski definition) is 3. The average Bonchev–Trinajstić information content (AvgIpc) is 2.93. The van der Waals surface area contributed by atoms with Crippen LogP contribution in [0, 0.1) is 0 Å². The lowest BCUT2D eigenvalue weighted by Crippen LogP contribution is -2.16. The van der Waals surface area contributed by atoms with E-state index in [1.807, 2.05) is 25.2 Å². The van der Waals surface area contributed by atoms with Gasteiger partial charge in [-0.2, -0.15) is 0 Å². The molecule has 0 saturated heterocycles. The molecule has 1 atom stereocenters. The van der Waals surface area contributed by atoms with E-state index in [4.69, 9.17) is 16.3 Å². The fourth-order valence-electron chi connectivity index (χ4n) is 2.46. The van der Waals surface area contributed by atoms with Crippen molar-refractivity contribution < 1.29 is 4.74 Å². The fraction of sp³-hybridized carbons (Fsp3) is 0.176. The second kappa shape index (κ2) is 6.06. The lowest BCUT2D eigenvalue weighted by Gasteiger charge is -2.17. The van der Waals surface area contributed by atoms with E-state index in [2.05, 4.69) is 35.6 Å². The highest BCUT2D eigenvalue weighted by Crippen LogP contribution is 2.36. The number of nitrogens with one attached hydrogen (secondary N) is 1. The molecule has 1 aromatic heterocycles. The maximum atomic E-state index is 6.41. The monoisotopic (exact) mass is 317 g/mol. The predicted octanol–water partition coefficient (Wildman–Crippen LogP) is 4.87. The topological polar surface area (TPSA) is 21.3 Å². The molecule has 0 saturated carbocycles. The Balaban J connectivity index is 2.05. The summed E-state index contributed by atoms with van der Waals surface area (Å²) < 4.78 is 6.50. The molecule has 1 N–H and O–H groups in total. The van der Waals surface area contributed by atoms with Gasteiger partial charge in [0.05, 0.1) is 13.2 Å². The van der Waals surface area contributed by atoms with Gasteiger partial charge in [-0.25, -0.2) is 0 Å². The number of benzene rings is 2. The zero-order valence-corrected chi connectivity index (χ0v) is 13.5. The van der Waals surface area contributed by atoms with Gasteiger partial charge in [0.2, 0.25) is 0 Å². The average molecular weight is 318 g/mol. The van der Waals surface area contributed by atoms with E-state index in [0.29, 0.717) is 5.02 Å². The summed E-state index contributed by atoms with van der Waals surface area (Å²) in [4.78, 5) is 1.26. The van der Waals surface area contributed by atoms with Crippen LogP contribution in [-0.4, -0.2) is 14.2 Å². The molecule has 2 nitrogen and oxygen atoms in total. The number of halogens is 1. The third kappa shape index (κ3) is 2.77. The molecule has 0 radical (unpaired) electrons. The Morgan fingerprint density at radius 1 is 1.14 bits per heavy atom. The van der Waals surface area contributed by atoms with Gasteiger partial charge in [0.15, 0.2) is 0 Å². The van der Waals surface area contributed by atoms with Gasteiger partial charge >= 0.3 is 0 Å². The Morgan fingerprint density at radius 2 is 1.95 bits per heavy atom. The SMILES string of the molecule is CNC(c1cc2ccccc2s1)c1ccc(OC)cc1Cl. The molecule has 0 fully saturated rings. The highest BCUT2D eigenvalue weighted by Gasteiger charge is 2.18. The van der Waals surface area contributed by atoms with Crippen molar-refractivity contribution in [1.29, 1.82) is 0 Å². The van der Waals surface area contributed by atoms with Crippen molar-refractivity contribution in [2.24, 2.45) is 0 Å². The first-order chi connectivity index (χ1) is 10.2. The summed E-state index contributed by atoms with van der Waals surface area (Å²) in [6.45, 7) is 0. The van der Waals surface area contributed by atoms with Crippen molar-refractivity contribution in [3.63, 3.8) is 0 Å². The van der Waals surface area contributed by atoms with Crippen molar-refractivity contribution in [2.45, 2.75) is 6.04 Å². The summed E-state index contributed by atoms with van der Waals surface area (Å²) in [6, 6.07) is 16.5. The van der Waals surface area contributed by atoms with E-state index in [1.54, 1.807) is 18.4 Å². The predicted molar refractivity (Wildman–Crippen MR) is 90.7 cm³/mol. The molecule has 3 aromatic rings. The van der Waals surface area contributed by atoms with Gasteiger partial charge in [-0.3, -0.25) is 0 Å². The van der Waals surface area contributed by atoms with Crippen LogP contribution in [0.25, 0.3) is 10.1 Å². The van der Waals surface area contributed by atoms with Crippen LogP contribution in [-0.2, 0) is 0 Å². The first-order valence-corrected chi connectivity index (χ1v) is 7.91. The summed E-state index contributed by atoms with van der Waals surface area (Å²) in [7, 11) is 3.60. The molecule has 0 aliphatic carbocycles. The molecule has 4 heteroatoms.